The van der Waals surface area contributed by atoms with Crippen LogP contribution >= 0.6 is 11.3 Å². The van der Waals surface area contributed by atoms with Gasteiger partial charge >= 0.3 is 6.18 Å². The van der Waals surface area contributed by atoms with Crippen molar-refractivity contribution in [3.63, 3.8) is 0 Å². The number of carbonyl (C=O) groups excluding carboxylic acids is 1. The number of anilines is 3. The van der Waals surface area contributed by atoms with Gasteiger partial charge in [-0.2, -0.15) is 13.2 Å². The molecule has 2 aromatic rings. The van der Waals surface area contributed by atoms with E-state index in [4.69, 9.17) is 4.74 Å². The van der Waals surface area contributed by atoms with Crippen molar-refractivity contribution in [2.24, 2.45) is 0 Å². The van der Waals surface area contributed by atoms with E-state index in [1.165, 1.54) is 11.9 Å². The van der Waals surface area contributed by atoms with Crippen molar-refractivity contribution in [3.8, 4) is 0 Å². The van der Waals surface area contributed by atoms with E-state index >= 15 is 0 Å². The predicted molar refractivity (Wildman–Crippen MR) is 98.5 cm³/mol. The summed E-state index contributed by atoms with van der Waals surface area (Å²) in [7, 11) is 1.53. The van der Waals surface area contributed by atoms with E-state index in [1.807, 2.05) is 12.1 Å². The number of benzene rings is 1. The van der Waals surface area contributed by atoms with Crippen molar-refractivity contribution >= 4 is 33.8 Å². The highest BCUT2D eigenvalue weighted by Gasteiger charge is 2.33. The number of amides is 1. The molecule has 1 aliphatic rings. The molecule has 3 rings (SSSR count). The number of thiazole rings is 1. The maximum atomic E-state index is 12.6. The molecule has 0 spiro atoms. The first kappa shape index (κ1) is 19.4. The first-order valence-corrected chi connectivity index (χ1v) is 9.11. The topological polar surface area (TPSA) is 57.7 Å². The summed E-state index contributed by atoms with van der Waals surface area (Å²) < 4.78 is 43.3. The number of alkyl halides is 3. The molecule has 0 saturated carbocycles. The Morgan fingerprint density at radius 3 is 2.56 bits per heavy atom. The Bertz CT molecular complexity index is 773. The number of likely N-dealkylation sites (N-methyl/N-ethyl adjacent to an activating group) is 1. The van der Waals surface area contributed by atoms with E-state index in [9.17, 15) is 18.0 Å². The van der Waals surface area contributed by atoms with E-state index < -0.39 is 11.1 Å². The van der Waals surface area contributed by atoms with Gasteiger partial charge in [-0.1, -0.05) is 11.3 Å². The summed E-state index contributed by atoms with van der Waals surface area (Å²) in [5.74, 6) is -0.333. The number of nitrogens with one attached hydrogen (secondary N) is 1. The average Bonchev–Trinajstić information content (AvgIpc) is 3.14. The van der Waals surface area contributed by atoms with Crippen LogP contribution in [-0.2, 0) is 15.7 Å². The Balaban J connectivity index is 1.54. The van der Waals surface area contributed by atoms with Gasteiger partial charge in [0.25, 0.3) is 0 Å². The van der Waals surface area contributed by atoms with Crippen LogP contribution in [0.4, 0.5) is 29.7 Å². The zero-order chi connectivity index (χ0) is 19.4. The normalized spacial score (nSPS) is 14.9. The van der Waals surface area contributed by atoms with E-state index in [0.717, 1.165) is 25.0 Å². The third kappa shape index (κ3) is 5.10. The highest BCUT2D eigenvalue weighted by molar-refractivity contribution is 7.15. The van der Waals surface area contributed by atoms with Crippen LogP contribution in [0.25, 0.3) is 0 Å². The largest absolute Gasteiger partial charge is 0.427 e. The van der Waals surface area contributed by atoms with Crippen LogP contribution in [0, 0.1) is 0 Å². The molecule has 1 fully saturated rings. The molecule has 146 valence electrons. The molecule has 0 atom stereocenters. The van der Waals surface area contributed by atoms with Crippen LogP contribution in [0.3, 0.4) is 0 Å². The van der Waals surface area contributed by atoms with Crippen LogP contribution in [-0.4, -0.2) is 50.8 Å². The molecule has 1 amide bonds. The summed E-state index contributed by atoms with van der Waals surface area (Å²) in [4.78, 5) is 18.7. The van der Waals surface area contributed by atoms with Crippen LogP contribution in [0.2, 0.25) is 0 Å². The fourth-order valence-electron chi connectivity index (χ4n) is 2.63. The van der Waals surface area contributed by atoms with Gasteiger partial charge in [-0.25, -0.2) is 4.98 Å². The van der Waals surface area contributed by atoms with Crippen LogP contribution < -0.4 is 15.1 Å². The minimum Gasteiger partial charge on any atom is -0.378 e. The summed E-state index contributed by atoms with van der Waals surface area (Å²) in [6.45, 7) is 2.93. The molecule has 0 aliphatic carbocycles. The second kappa shape index (κ2) is 8.13. The number of hydrogen-bond acceptors (Lipinski definition) is 6. The molecule has 2 heterocycles. The Hall–Kier alpha value is -2.33. The smallest absolute Gasteiger partial charge is 0.378 e. The first-order valence-electron chi connectivity index (χ1n) is 8.30. The lowest BCUT2D eigenvalue weighted by atomic mass is 10.2. The number of halogens is 3. The maximum Gasteiger partial charge on any atom is 0.427 e. The minimum absolute atomic E-state index is 0.101. The van der Waals surface area contributed by atoms with Gasteiger partial charge in [0.15, 0.2) is 5.13 Å². The van der Waals surface area contributed by atoms with Gasteiger partial charge < -0.3 is 19.9 Å². The van der Waals surface area contributed by atoms with Gasteiger partial charge in [0.05, 0.1) is 26.0 Å². The number of morpholine rings is 1. The van der Waals surface area contributed by atoms with E-state index in [1.54, 1.807) is 12.1 Å². The summed E-state index contributed by atoms with van der Waals surface area (Å²) in [5, 5.41) is 2.88. The molecular weight excluding hydrogens is 381 g/mol. The van der Waals surface area contributed by atoms with Crippen molar-refractivity contribution in [1.82, 2.24) is 4.98 Å². The number of rotatable bonds is 5. The molecule has 1 aromatic carbocycles. The average molecular weight is 400 g/mol. The molecule has 10 heteroatoms. The van der Waals surface area contributed by atoms with Gasteiger partial charge in [-0.05, 0) is 24.3 Å². The number of nitrogens with zero attached hydrogens (tertiary/aromatic N) is 3. The van der Waals surface area contributed by atoms with Crippen molar-refractivity contribution < 1.29 is 22.7 Å². The Morgan fingerprint density at radius 1 is 1.30 bits per heavy atom. The second-order valence-electron chi connectivity index (χ2n) is 6.06. The lowest BCUT2D eigenvalue weighted by Gasteiger charge is -2.28. The van der Waals surface area contributed by atoms with E-state index in [2.05, 4.69) is 15.2 Å². The minimum atomic E-state index is -4.43. The van der Waals surface area contributed by atoms with Crippen molar-refractivity contribution in [1.29, 1.82) is 0 Å². The molecule has 6 nitrogen and oxygen atoms in total. The predicted octanol–water partition coefficient (Wildman–Crippen LogP) is 3.07. The van der Waals surface area contributed by atoms with Crippen molar-refractivity contribution in [2.45, 2.75) is 6.18 Å². The quantitative estimate of drug-likeness (QED) is 0.836. The summed E-state index contributed by atoms with van der Waals surface area (Å²) in [6, 6.07) is 7.43. The molecule has 27 heavy (non-hydrogen) atoms. The summed E-state index contributed by atoms with van der Waals surface area (Å²) >= 11 is 0.508. The van der Waals surface area contributed by atoms with Gasteiger partial charge in [-0.3, -0.25) is 4.79 Å². The number of aromatic nitrogens is 1. The Labute approximate surface area is 158 Å². The molecule has 0 radical (unpaired) electrons. The second-order valence-corrected chi connectivity index (χ2v) is 7.06. The number of hydrogen-bond donors (Lipinski definition) is 1. The molecule has 1 aromatic heterocycles. The molecule has 1 N–H and O–H groups in total. The third-order valence-corrected chi connectivity index (χ3v) is 5.16. The zero-order valence-corrected chi connectivity index (χ0v) is 15.4. The van der Waals surface area contributed by atoms with Gasteiger partial charge in [0, 0.05) is 31.5 Å². The van der Waals surface area contributed by atoms with Crippen LogP contribution in [0.5, 0.6) is 0 Å². The Kier molecular flexibility index (Phi) is 5.85. The number of ether oxygens (including phenoxy) is 1. The number of carbonyl (C=O) groups is 1. The molecule has 0 bridgehead atoms. The lowest BCUT2D eigenvalue weighted by Crippen LogP contribution is -2.36. The highest BCUT2D eigenvalue weighted by atomic mass is 32.1. The zero-order valence-electron chi connectivity index (χ0n) is 14.6. The maximum absolute atomic E-state index is 12.6. The first-order chi connectivity index (χ1) is 12.8. The highest BCUT2D eigenvalue weighted by Crippen LogP contribution is 2.35. The SMILES string of the molecule is CN(CC(=O)Nc1ccc(N2CCOCC2)cc1)c1ncc(C(F)(F)F)s1. The van der Waals surface area contributed by atoms with Crippen molar-refractivity contribution in [2.75, 3.05) is 55.0 Å². The molecule has 1 saturated heterocycles. The lowest BCUT2D eigenvalue weighted by molar-refractivity contribution is -0.134. The summed E-state index contributed by atoms with van der Waals surface area (Å²) in [6.07, 6.45) is -3.65. The monoisotopic (exact) mass is 400 g/mol. The standard InChI is InChI=1S/C17H19F3N4O2S/c1-23(16-21-10-14(27-16)17(18,19)20)11-15(25)22-12-2-4-13(5-3-12)24-6-8-26-9-7-24/h2-5,10H,6-9,11H2,1H3,(H,22,25). The van der Waals surface area contributed by atoms with Gasteiger partial charge in [-0.15, -0.1) is 0 Å². The fourth-order valence-corrected chi connectivity index (χ4v) is 3.38. The van der Waals surface area contributed by atoms with Gasteiger partial charge in [0.2, 0.25) is 5.91 Å². The van der Waals surface area contributed by atoms with E-state index in [-0.39, 0.29) is 17.6 Å². The van der Waals surface area contributed by atoms with Crippen LogP contribution in [0.15, 0.2) is 30.5 Å². The van der Waals surface area contributed by atoms with Crippen molar-refractivity contribution in [3.05, 3.63) is 35.3 Å². The van der Waals surface area contributed by atoms with Gasteiger partial charge in [0.1, 0.15) is 4.88 Å². The molecular formula is C17H19F3N4O2S. The summed E-state index contributed by atoms with van der Waals surface area (Å²) in [5.41, 5.74) is 1.68. The fraction of sp³-hybridized carbons (Fsp3) is 0.412. The third-order valence-electron chi connectivity index (χ3n) is 4.01. The van der Waals surface area contributed by atoms with E-state index in [0.29, 0.717) is 30.2 Å². The van der Waals surface area contributed by atoms with Crippen LogP contribution in [0.1, 0.15) is 4.88 Å². The molecule has 1 aliphatic heterocycles. The molecule has 0 unspecified atom stereocenters. The Morgan fingerprint density at radius 2 is 1.96 bits per heavy atom.